The Bertz CT molecular complexity index is 1210. The van der Waals surface area contributed by atoms with E-state index in [1.165, 1.54) is 41.1 Å². The fourth-order valence-corrected chi connectivity index (χ4v) is 5.73. The number of piperazine rings is 1. The number of benzene rings is 1. The number of halogens is 1. The molecule has 1 aliphatic heterocycles. The highest BCUT2D eigenvalue weighted by molar-refractivity contribution is 7.18. The van der Waals surface area contributed by atoms with E-state index in [1.54, 1.807) is 27.9 Å². The number of hydrogen-bond acceptors (Lipinski definition) is 6. The molecule has 0 radical (unpaired) electrons. The van der Waals surface area contributed by atoms with Gasteiger partial charge in [-0.05, 0) is 55.5 Å². The third-order valence-electron chi connectivity index (χ3n) is 6.26. The number of rotatable bonds is 4. The molecule has 3 heterocycles. The second-order valence-electron chi connectivity index (χ2n) is 8.28. The van der Waals surface area contributed by atoms with E-state index in [0.717, 1.165) is 29.5 Å². The van der Waals surface area contributed by atoms with Crippen LogP contribution in [0.1, 0.15) is 23.3 Å². The number of aryl methyl sites for hydroxylation is 2. The molecular weight excluding hydrogens is 431 g/mol. The van der Waals surface area contributed by atoms with Crippen molar-refractivity contribution in [2.75, 3.05) is 37.7 Å². The zero-order valence-electron chi connectivity index (χ0n) is 18.0. The van der Waals surface area contributed by atoms with Crippen molar-refractivity contribution < 1.29 is 13.9 Å². The first-order valence-electron chi connectivity index (χ1n) is 10.9. The standard InChI is InChI=1S/C23H25FN4O3S/c1-26-22(30)20-17-4-2-3-5-18(17)32-21(20)25-23(26)28-12-10-27(11-13-28)19(29)14-31-16-8-6-15(24)7-9-16/h6-9H,2-5,10-14H2,1H3. The van der Waals surface area contributed by atoms with Crippen LogP contribution in [0.4, 0.5) is 10.3 Å². The summed E-state index contributed by atoms with van der Waals surface area (Å²) in [6, 6.07) is 5.62. The van der Waals surface area contributed by atoms with E-state index in [4.69, 9.17) is 9.72 Å². The Morgan fingerprint density at radius 2 is 1.84 bits per heavy atom. The largest absolute Gasteiger partial charge is 0.484 e. The van der Waals surface area contributed by atoms with Crippen molar-refractivity contribution in [1.29, 1.82) is 0 Å². The predicted molar refractivity (Wildman–Crippen MR) is 122 cm³/mol. The molecule has 0 spiro atoms. The smallest absolute Gasteiger partial charge is 0.263 e. The minimum absolute atomic E-state index is 0.0237. The van der Waals surface area contributed by atoms with Gasteiger partial charge >= 0.3 is 0 Å². The number of nitrogens with zero attached hydrogens (tertiary/aromatic N) is 4. The van der Waals surface area contributed by atoms with Crippen molar-refractivity contribution in [2.24, 2.45) is 7.05 Å². The number of ether oxygens (including phenoxy) is 1. The highest BCUT2D eigenvalue weighted by Crippen LogP contribution is 2.34. The van der Waals surface area contributed by atoms with Gasteiger partial charge in [0.2, 0.25) is 5.95 Å². The molecule has 2 aromatic heterocycles. The number of anilines is 1. The first-order valence-corrected chi connectivity index (χ1v) is 11.8. The molecule has 7 nitrogen and oxygen atoms in total. The van der Waals surface area contributed by atoms with Gasteiger partial charge in [-0.2, -0.15) is 0 Å². The summed E-state index contributed by atoms with van der Waals surface area (Å²) in [5, 5.41) is 0.794. The van der Waals surface area contributed by atoms with Crippen molar-refractivity contribution >= 4 is 33.4 Å². The summed E-state index contributed by atoms with van der Waals surface area (Å²) in [6.07, 6.45) is 4.31. The summed E-state index contributed by atoms with van der Waals surface area (Å²) >= 11 is 1.66. The van der Waals surface area contributed by atoms with Gasteiger partial charge in [-0.3, -0.25) is 14.2 Å². The van der Waals surface area contributed by atoms with Crippen molar-refractivity contribution in [3.05, 3.63) is 50.9 Å². The van der Waals surface area contributed by atoms with E-state index in [2.05, 4.69) is 4.90 Å². The maximum absolute atomic E-state index is 13.1. The topological polar surface area (TPSA) is 67.7 Å². The van der Waals surface area contributed by atoms with Crippen molar-refractivity contribution in [3.8, 4) is 5.75 Å². The first kappa shape index (κ1) is 20.9. The molecule has 0 saturated carbocycles. The second kappa shape index (κ2) is 8.54. The van der Waals surface area contributed by atoms with Crippen molar-refractivity contribution in [2.45, 2.75) is 25.7 Å². The van der Waals surface area contributed by atoms with Gasteiger partial charge in [-0.15, -0.1) is 11.3 Å². The minimum Gasteiger partial charge on any atom is -0.484 e. The van der Waals surface area contributed by atoms with Gasteiger partial charge in [-0.25, -0.2) is 9.37 Å². The number of hydrogen-bond donors (Lipinski definition) is 0. The van der Waals surface area contributed by atoms with Crippen molar-refractivity contribution in [1.82, 2.24) is 14.5 Å². The molecule has 1 amide bonds. The van der Waals surface area contributed by atoms with Crippen LogP contribution in [0.2, 0.25) is 0 Å². The summed E-state index contributed by atoms with van der Waals surface area (Å²) in [6.45, 7) is 2.16. The SMILES string of the molecule is Cn1c(N2CCN(C(=O)COc3ccc(F)cc3)CC2)nc2sc3c(c2c1=O)CCCC3. The van der Waals surface area contributed by atoms with Gasteiger partial charge in [0.25, 0.3) is 11.5 Å². The Balaban J connectivity index is 1.26. The fourth-order valence-electron chi connectivity index (χ4n) is 4.48. The fraction of sp³-hybridized carbons (Fsp3) is 0.435. The number of aromatic nitrogens is 2. The van der Waals surface area contributed by atoms with Gasteiger partial charge < -0.3 is 14.5 Å². The molecular formula is C23H25FN4O3S. The van der Waals surface area contributed by atoms with Gasteiger partial charge in [-0.1, -0.05) is 0 Å². The quantitative estimate of drug-likeness (QED) is 0.604. The van der Waals surface area contributed by atoms with Crippen LogP contribution in [0.15, 0.2) is 29.1 Å². The summed E-state index contributed by atoms with van der Waals surface area (Å²) in [5.74, 6) is 0.668. The van der Waals surface area contributed by atoms with Crippen LogP contribution in [-0.2, 0) is 24.7 Å². The maximum atomic E-state index is 13.1. The van der Waals surface area contributed by atoms with Crippen LogP contribution in [0.5, 0.6) is 5.75 Å². The Morgan fingerprint density at radius 3 is 2.59 bits per heavy atom. The van der Waals surface area contributed by atoms with Gasteiger partial charge in [0.05, 0.1) is 5.39 Å². The van der Waals surface area contributed by atoms with Crippen LogP contribution in [-0.4, -0.2) is 53.1 Å². The Morgan fingerprint density at radius 1 is 1.12 bits per heavy atom. The molecule has 1 saturated heterocycles. The lowest BCUT2D eigenvalue weighted by Crippen LogP contribution is -2.51. The summed E-state index contributed by atoms with van der Waals surface area (Å²) in [7, 11) is 1.78. The molecule has 5 rings (SSSR count). The highest BCUT2D eigenvalue weighted by atomic mass is 32.1. The Hall–Kier alpha value is -2.94. The van der Waals surface area contributed by atoms with Crippen molar-refractivity contribution in [3.63, 3.8) is 0 Å². The zero-order chi connectivity index (χ0) is 22.2. The number of amides is 1. The molecule has 1 fully saturated rings. The molecule has 1 aliphatic carbocycles. The van der Waals surface area contributed by atoms with Crippen LogP contribution < -0.4 is 15.2 Å². The molecule has 32 heavy (non-hydrogen) atoms. The number of fused-ring (bicyclic) bond motifs is 3. The molecule has 0 bridgehead atoms. The summed E-state index contributed by atoms with van der Waals surface area (Å²) < 4.78 is 20.1. The molecule has 2 aliphatic rings. The Kier molecular flexibility index (Phi) is 5.58. The molecule has 0 unspecified atom stereocenters. The number of carbonyl (C=O) groups is 1. The zero-order valence-corrected chi connectivity index (χ0v) is 18.8. The summed E-state index contributed by atoms with van der Waals surface area (Å²) in [4.78, 5) is 36.5. The third-order valence-corrected chi connectivity index (χ3v) is 7.45. The van der Waals surface area contributed by atoms with E-state index in [9.17, 15) is 14.0 Å². The highest BCUT2D eigenvalue weighted by Gasteiger charge is 2.26. The van der Waals surface area contributed by atoms with E-state index >= 15 is 0 Å². The van der Waals surface area contributed by atoms with E-state index in [1.807, 2.05) is 0 Å². The van der Waals surface area contributed by atoms with Crippen LogP contribution >= 0.6 is 11.3 Å². The average Bonchev–Trinajstić information content (AvgIpc) is 3.19. The van der Waals surface area contributed by atoms with Crippen LogP contribution in [0.3, 0.4) is 0 Å². The molecule has 168 valence electrons. The van der Waals surface area contributed by atoms with Crippen LogP contribution in [0.25, 0.3) is 10.2 Å². The molecule has 9 heteroatoms. The van der Waals surface area contributed by atoms with Crippen LogP contribution in [0, 0.1) is 5.82 Å². The van der Waals surface area contributed by atoms with E-state index < -0.39 is 0 Å². The summed E-state index contributed by atoms with van der Waals surface area (Å²) in [5.41, 5.74) is 1.23. The molecule has 3 aromatic rings. The maximum Gasteiger partial charge on any atom is 0.263 e. The predicted octanol–water partition coefficient (Wildman–Crippen LogP) is 2.74. The number of thiophene rings is 1. The van der Waals surface area contributed by atoms with E-state index in [0.29, 0.717) is 37.9 Å². The third kappa shape index (κ3) is 3.85. The van der Waals surface area contributed by atoms with Gasteiger partial charge in [0.1, 0.15) is 16.4 Å². The monoisotopic (exact) mass is 456 g/mol. The Labute approximate surface area is 189 Å². The lowest BCUT2D eigenvalue weighted by Gasteiger charge is -2.35. The van der Waals surface area contributed by atoms with E-state index in [-0.39, 0.29) is 23.9 Å². The molecule has 1 aromatic carbocycles. The lowest BCUT2D eigenvalue weighted by atomic mass is 9.97. The minimum atomic E-state index is -0.344. The first-order chi connectivity index (χ1) is 15.5. The van der Waals surface area contributed by atoms with Gasteiger partial charge in [0.15, 0.2) is 6.61 Å². The second-order valence-corrected chi connectivity index (χ2v) is 9.36. The lowest BCUT2D eigenvalue weighted by molar-refractivity contribution is -0.133. The normalized spacial score (nSPS) is 16.3. The number of carbonyl (C=O) groups excluding carboxylic acids is 1. The molecule has 0 atom stereocenters. The molecule has 0 N–H and O–H groups in total. The van der Waals surface area contributed by atoms with Gasteiger partial charge in [0, 0.05) is 38.1 Å². The average molecular weight is 457 g/mol.